The number of piperidine rings is 1. The van der Waals surface area contributed by atoms with Gasteiger partial charge in [-0.05, 0) is 19.3 Å². The molecule has 3 N–H and O–H groups in total. The Hall–Kier alpha value is -0.650. The molecule has 0 aromatic heterocycles. The summed E-state index contributed by atoms with van der Waals surface area (Å²) < 4.78 is 5.22. The first-order valence-electron chi connectivity index (χ1n) is 5.98. The Morgan fingerprint density at radius 3 is 2.88 bits per heavy atom. The maximum absolute atomic E-state index is 12.2. The van der Waals surface area contributed by atoms with Crippen LogP contribution in [0.2, 0.25) is 0 Å². The molecule has 5 heteroatoms. The Balaban J connectivity index is 2.01. The first kappa shape index (κ1) is 11.8. The number of ether oxygens (including phenoxy) is 1. The molecule has 3 unspecified atom stereocenters. The molecule has 0 aromatic carbocycles. The zero-order chi connectivity index (χ0) is 11.5. The van der Waals surface area contributed by atoms with Gasteiger partial charge in [0, 0.05) is 12.6 Å². The molecule has 2 aliphatic heterocycles. The van der Waals surface area contributed by atoms with Crippen LogP contribution in [-0.4, -0.2) is 54.4 Å². The van der Waals surface area contributed by atoms with Gasteiger partial charge in [0.15, 0.2) is 0 Å². The molecule has 0 saturated carbocycles. The van der Waals surface area contributed by atoms with Crippen molar-refractivity contribution in [2.75, 3.05) is 26.4 Å². The molecule has 0 bridgehead atoms. The molecule has 2 aliphatic rings. The first-order valence-corrected chi connectivity index (χ1v) is 5.98. The average Bonchev–Trinajstić information content (AvgIpc) is 2.74. The summed E-state index contributed by atoms with van der Waals surface area (Å²) in [6.07, 6.45) is 3.00. The van der Waals surface area contributed by atoms with Crippen LogP contribution in [0.1, 0.15) is 19.3 Å². The zero-order valence-corrected chi connectivity index (χ0v) is 9.47. The second-order valence-electron chi connectivity index (χ2n) is 4.67. The molecule has 0 aromatic rings. The predicted octanol–water partition coefficient (Wildman–Crippen LogP) is -0.666. The topological polar surface area (TPSA) is 75.8 Å². The molecule has 1 amide bonds. The lowest BCUT2D eigenvalue weighted by atomic mass is 9.97. The highest BCUT2D eigenvalue weighted by atomic mass is 16.5. The SMILES string of the molecule is NC1COCC1C(=O)N1CCCCC1CO. The van der Waals surface area contributed by atoms with Crippen molar-refractivity contribution in [3.8, 4) is 0 Å². The number of aliphatic hydroxyl groups is 1. The van der Waals surface area contributed by atoms with Crippen molar-refractivity contribution in [2.24, 2.45) is 11.7 Å². The number of nitrogens with zero attached hydrogens (tertiary/aromatic N) is 1. The number of carbonyl (C=O) groups excluding carboxylic acids is 1. The van der Waals surface area contributed by atoms with Gasteiger partial charge in [-0.25, -0.2) is 0 Å². The van der Waals surface area contributed by atoms with Gasteiger partial charge in [0.25, 0.3) is 0 Å². The van der Waals surface area contributed by atoms with Crippen LogP contribution < -0.4 is 5.73 Å². The monoisotopic (exact) mass is 228 g/mol. The van der Waals surface area contributed by atoms with Crippen LogP contribution in [0.5, 0.6) is 0 Å². The van der Waals surface area contributed by atoms with Crippen molar-refractivity contribution in [1.82, 2.24) is 4.90 Å². The van der Waals surface area contributed by atoms with Crippen molar-refractivity contribution >= 4 is 5.91 Å². The zero-order valence-electron chi connectivity index (χ0n) is 9.47. The highest BCUT2D eigenvalue weighted by Crippen LogP contribution is 2.22. The number of carbonyl (C=O) groups is 1. The van der Waals surface area contributed by atoms with E-state index in [4.69, 9.17) is 10.5 Å². The fourth-order valence-corrected chi connectivity index (χ4v) is 2.52. The molecule has 0 aliphatic carbocycles. The third-order valence-electron chi connectivity index (χ3n) is 3.56. The number of nitrogens with two attached hydrogens (primary N) is 1. The molecule has 2 heterocycles. The lowest BCUT2D eigenvalue weighted by Gasteiger charge is -2.36. The second-order valence-corrected chi connectivity index (χ2v) is 4.67. The van der Waals surface area contributed by atoms with Gasteiger partial charge >= 0.3 is 0 Å². The Morgan fingerprint density at radius 1 is 1.44 bits per heavy atom. The van der Waals surface area contributed by atoms with Crippen LogP contribution in [0.25, 0.3) is 0 Å². The number of likely N-dealkylation sites (tertiary alicyclic amines) is 1. The molecule has 0 radical (unpaired) electrons. The molecule has 0 spiro atoms. The van der Waals surface area contributed by atoms with Crippen molar-refractivity contribution < 1.29 is 14.6 Å². The van der Waals surface area contributed by atoms with Crippen molar-refractivity contribution in [3.05, 3.63) is 0 Å². The quantitative estimate of drug-likeness (QED) is 0.657. The van der Waals surface area contributed by atoms with Crippen molar-refractivity contribution in [3.63, 3.8) is 0 Å². The van der Waals surface area contributed by atoms with E-state index in [1.807, 2.05) is 0 Å². The van der Waals surface area contributed by atoms with E-state index in [-0.39, 0.29) is 30.5 Å². The Morgan fingerprint density at radius 2 is 2.25 bits per heavy atom. The fraction of sp³-hybridized carbons (Fsp3) is 0.909. The summed E-state index contributed by atoms with van der Waals surface area (Å²) in [7, 11) is 0. The number of amides is 1. The normalized spacial score (nSPS) is 35.4. The minimum absolute atomic E-state index is 0.0194. The first-order chi connectivity index (χ1) is 7.74. The second kappa shape index (κ2) is 5.12. The minimum atomic E-state index is -0.216. The summed E-state index contributed by atoms with van der Waals surface area (Å²) in [5.41, 5.74) is 5.84. The van der Waals surface area contributed by atoms with E-state index in [0.717, 1.165) is 25.8 Å². The molecule has 2 saturated heterocycles. The number of hydrogen-bond acceptors (Lipinski definition) is 4. The lowest BCUT2D eigenvalue weighted by Crippen LogP contribution is -2.51. The van der Waals surface area contributed by atoms with Gasteiger partial charge in [-0.3, -0.25) is 4.79 Å². The van der Waals surface area contributed by atoms with Crippen LogP contribution in [0.15, 0.2) is 0 Å². The molecule has 2 rings (SSSR count). The van der Waals surface area contributed by atoms with E-state index < -0.39 is 0 Å². The van der Waals surface area contributed by atoms with Crippen molar-refractivity contribution in [1.29, 1.82) is 0 Å². The Labute approximate surface area is 95.5 Å². The van der Waals surface area contributed by atoms with E-state index in [0.29, 0.717) is 13.2 Å². The molecule has 16 heavy (non-hydrogen) atoms. The summed E-state index contributed by atoms with van der Waals surface area (Å²) in [6, 6.07) is -0.206. The number of aliphatic hydroxyl groups excluding tert-OH is 1. The lowest BCUT2D eigenvalue weighted by molar-refractivity contribution is -0.140. The maximum Gasteiger partial charge on any atom is 0.230 e. The van der Waals surface area contributed by atoms with Gasteiger partial charge in [-0.15, -0.1) is 0 Å². The summed E-state index contributed by atoms with van der Waals surface area (Å²) in [5.74, 6) is -0.157. The van der Waals surface area contributed by atoms with Gasteiger partial charge in [0.05, 0.1) is 31.8 Å². The fourth-order valence-electron chi connectivity index (χ4n) is 2.52. The van der Waals surface area contributed by atoms with Crippen LogP contribution in [-0.2, 0) is 9.53 Å². The molecule has 5 nitrogen and oxygen atoms in total. The van der Waals surface area contributed by atoms with Crippen LogP contribution in [0.4, 0.5) is 0 Å². The van der Waals surface area contributed by atoms with Crippen LogP contribution in [0.3, 0.4) is 0 Å². The van der Waals surface area contributed by atoms with E-state index in [1.165, 1.54) is 0 Å². The van der Waals surface area contributed by atoms with E-state index in [9.17, 15) is 9.90 Å². The summed E-state index contributed by atoms with van der Waals surface area (Å²) >= 11 is 0. The molecule has 2 fully saturated rings. The van der Waals surface area contributed by atoms with Crippen LogP contribution in [0, 0.1) is 5.92 Å². The molecule has 3 atom stereocenters. The van der Waals surface area contributed by atoms with E-state index in [2.05, 4.69) is 0 Å². The largest absolute Gasteiger partial charge is 0.394 e. The molecular weight excluding hydrogens is 208 g/mol. The van der Waals surface area contributed by atoms with Gasteiger partial charge in [0.2, 0.25) is 5.91 Å². The van der Waals surface area contributed by atoms with Crippen molar-refractivity contribution in [2.45, 2.75) is 31.3 Å². The highest BCUT2D eigenvalue weighted by Gasteiger charge is 2.37. The predicted molar refractivity (Wildman–Crippen MR) is 58.7 cm³/mol. The smallest absolute Gasteiger partial charge is 0.230 e. The molecular formula is C11H20N2O3. The maximum atomic E-state index is 12.2. The number of rotatable bonds is 2. The van der Waals surface area contributed by atoms with E-state index >= 15 is 0 Å². The minimum Gasteiger partial charge on any atom is -0.394 e. The summed E-state index contributed by atoms with van der Waals surface area (Å²) in [4.78, 5) is 14.0. The molecule has 92 valence electrons. The average molecular weight is 228 g/mol. The third-order valence-corrected chi connectivity index (χ3v) is 3.56. The summed E-state index contributed by atoms with van der Waals surface area (Å²) in [6.45, 7) is 1.69. The Bertz CT molecular complexity index is 260. The summed E-state index contributed by atoms with van der Waals surface area (Å²) in [5, 5.41) is 9.26. The highest BCUT2D eigenvalue weighted by molar-refractivity contribution is 5.80. The van der Waals surface area contributed by atoms with E-state index in [1.54, 1.807) is 4.90 Å². The van der Waals surface area contributed by atoms with Gasteiger partial charge in [-0.2, -0.15) is 0 Å². The van der Waals surface area contributed by atoms with Crippen LogP contribution >= 0.6 is 0 Å². The van der Waals surface area contributed by atoms with Gasteiger partial charge in [-0.1, -0.05) is 0 Å². The standard InChI is InChI=1S/C11H20N2O3/c12-10-7-16-6-9(10)11(15)13-4-2-1-3-8(13)5-14/h8-10,14H,1-7,12H2. The third kappa shape index (κ3) is 2.21. The van der Waals surface area contributed by atoms with Gasteiger partial charge in [0.1, 0.15) is 0 Å². The van der Waals surface area contributed by atoms with Gasteiger partial charge < -0.3 is 20.5 Å². The Kier molecular flexibility index (Phi) is 3.78. The number of hydrogen-bond donors (Lipinski definition) is 2.